The Labute approximate surface area is 141 Å². The van der Waals surface area contributed by atoms with Crippen LogP contribution in [0.4, 0.5) is 0 Å². The third-order valence-electron chi connectivity index (χ3n) is 4.85. The van der Waals surface area contributed by atoms with E-state index in [1.165, 1.54) is 25.5 Å². The molecule has 128 valence electrons. The zero-order valence-electron chi connectivity index (χ0n) is 13.7. The first kappa shape index (κ1) is 15.7. The monoisotopic (exact) mass is 347 g/mol. The number of rotatable bonds is 4. The van der Waals surface area contributed by atoms with Crippen LogP contribution in [0.3, 0.4) is 0 Å². The summed E-state index contributed by atoms with van der Waals surface area (Å²) in [5.74, 6) is 1.13. The number of hydrogen-bond donors (Lipinski definition) is 1. The fourth-order valence-electron chi connectivity index (χ4n) is 3.33. The first-order chi connectivity index (χ1) is 11.6. The summed E-state index contributed by atoms with van der Waals surface area (Å²) >= 11 is 0. The van der Waals surface area contributed by atoms with Crippen LogP contribution in [0, 0.1) is 0 Å². The maximum absolute atomic E-state index is 13.0. The first-order valence-electron chi connectivity index (χ1n) is 8.30. The molecule has 0 radical (unpaired) electrons. The fourth-order valence-corrected chi connectivity index (χ4v) is 4.81. The second kappa shape index (κ2) is 5.89. The van der Waals surface area contributed by atoms with Crippen molar-refractivity contribution in [1.29, 1.82) is 0 Å². The number of sulfonamides is 1. The zero-order chi connectivity index (χ0) is 16.7. The predicted octanol–water partition coefficient (Wildman–Crippen LogP) is 2.09. The number of nitrogens with one attached hydrogen (secondary N) is 1. The van der Waals surface area contributed by atoms with E-state index in [9.17, 15) is 8.42 Å². The molecule has 0 unspecified atom stereocenters. The van der Waals surface area contributed by atoms with Gasteiger partial charge in [0.25, 0.3) is 0 Å². The van der Waals surface area contributed by atoms with Gasteiger partial charge in [-0.05, 0) is 37.0 Å². The Morgan fingerprint density at radius 3 is 2.79 bits per heavy atom. The van der Waals surface area contributed by atoms with Gasteiger partial charge in [-0.1, -0.05) is 6.07 Å². The molecule has 1 aromatic heterocycles. The number of aromatic nitrogens is 2. The summed E-state index contributed by atoms with van der Waals surface area (Å²) in [6.07, 6.45) is 3.80. The van der Waals surface area contributed by atoms with Crippen molar-refractivity contribution >= 4 is 10.0 Å². The molecule has 24 heavy (non-hydrogen) atoms. The number of aromatic amines is 1. The van der Waals surface area contributed by atoms with Crippen LogP contribution in [-0.2, 0) is 22.9 Å². The second-order valence-electron chi connectivity index (χ2n) is 6.42. The molecule has 2 heterocycles. The lowest BCUT2D eigenvalue weighted by Gasteiger charge is -2.20. The van der Waals surface area contributed by atoms with E-state index in [0.29, 0.717) is 31.2 Å². The van der Waals surface area contributed by atoms with E-state index in [1.807, 2.05) is 0 Å². The number of benzene rings is 1. The van der Waals surface area contributed by atoms with Crippen molar-refractivity contribution in [3.8, 4) is 5.75 Å². The van der Waals surface area contributed by atoms with E-state index in [0.717, 1.165) is 17.8 Å². The molecule has 1 aliphatic carbocycles. The molecular formula is C17H21N3O3S. The topological polar surface area (TPSA) is 75.3 Å². The Bertz CT molecular complexity index is 856. The molecule has 1 aliphatic heterocycles. The number of nitrogens with zero attached hydrogens (tertiary/aromatic N) is 2. The van der Waals surface area contributed by atoms with Gasteiger partial charge in [-0.2, -0.15) is 9.40 Å². The van der Waals surface area contributed by atoms with Crippen molar-refractivity contribution < 1.29 is 13.2 Å². The van der Waals surface area contributed by atoms with Gasteiger partial charge in [0.05, 0.1) is 17.7 Å². The molecule has 7 heteroatoms. The van der Waals surface area contributed by atoms with E-state index in [4.69, 9.17) is 4.74 Å². The predicted molar refractivity (Wildman–Crippen MR) is 89.7 cm³/mol. The van der Waals surface area contributed by atoms with Gasteiger partial charge in [-0.3, -0.25) is 5.10 Å². The van der Waals surface area contributed by atoms with Crippen LogP contribution in [-0.4, -0.2) is 43.1 Å². The van der Waals surface area contributed by atoms with Gasteiger partial charge in [0.2, 0.25) is 10.0 Å². The van der Waals surface area contributed by atoms with Crippen LogP contribution in [0.15, 0.2) is 29.2 Å². The van der Waals surface area contributed by atoms with Gasteiger partial charge in [-0.15, -0.1) is 0 Å². The van der Waals surface area contributed by atoms with Gasteiger partial charge < -0.3 is 4.74 Å². The van der Waals surface area contributed by atoms with E-state index >= 15 is 0 Å². The minimum absolute atomic E-state index is 0.285. The van der Waals surface area contributed by atoms with Gasteiger partial charge in [0.15, 0.2) is 0 Å². The highest BCUT2D eigenvalue weighted by Crippen LogP contribution is 2.41. The Kier molecular flexibility index (Phi) is 3.85. The number of methoxy groups -OCH3 is 1. The zero-order valence-corrected chi connectivity index (χ0v) is 14.5. The Morgan fingerprint density at radius 1 is 1.25 bits per heavy atom. The lowest BCUT2D eigenvalue weighted by Crippen LogP contribution is -2.33. The van der Waals surface area contributed by atoms with Crippen molar-refractivity contribution in [2.75, 3.05) is 20.2 Å². The molecule has 0 atom stereocenters. The quantitative estimate of drug-likeness (QED) is 0.919. The SMILES string of the molecule is COc1cccc(S(=O)(=O)N2CCc3[nH]nc(C4CC4)c3CC2)c1. The van der Waals surface area contributed by atoms with Gasteiger partial charge in [0.1, 0.15) is 5.75 Å². The molecule has 1 aromatic carbocycles. The molecule has 2 aromatic rings. The highest BCUT2D eigenvalue weighted by Gasteiger charge is 2.33. The summed E-state index contributed by atoms with van der Waals surface area (Å²) in [5.41, 5.74) is 3.49. The standard InChI is InChI=1S/C17H21N3O3S/c1-23-13-3-2-4-14(11-13)24(21,22)20-9-7-15-16(8-10-20)18-19-17(15)12-5-6-12/h2-4,11-12H,5-10H2,1H3,(H,18,19). The molecule has 0 amide bonds. The van der Waals surface area contributed by atoms with Crippen molar-refractivity contribution in [1.82, 2.24) is 14.5 Å². The third-order valence-corrected chi connectivity index (χ3v) is 6.74. The number of fused-ring (bicyclic) bond motifs is 1. The van der Waals surface area contributed by atoms with Crippen LogP contribution >= 0.6 is 0 Å². The van der Waals surface area contributed by atoms with E-state index in [-0.39, 0.29) is 4.90 Å². The van der Waals surface area contributed by atoms with Crippen LogP contribution in [0.1, 0.15) is 35.7 Å². The Morgan fingerprint density at radius 2 is 2.04 bits per heavy atom. The van der Waals surface area contributed by atoms with Crippen molar-refractivity contribution in [2.24, 2.45) is 0 Å². The fraction of sp³-hybridized carbons (Fsp3) is 0.471. The summed E-state index contributed by atoms with van der Waals surface area (Å²) in [7, 11) is -1.97. The second-order valence-corrected chi connectivity index (χ2v) is 8.36. The maximum atomic E-state index is 13.0. The summed E-state index contributed by atoms with van der Waals surface area (Å²) < 4.78 is 32.6. The molecule has 1 N–H and O–H groups in total. The normalized spacial score (nSPS) is 18.9. The van der Waals surface area contributed by atoms with Crippen molar-refractivity contribution in [3.63, 3.8) is 0 Å². The van der Waals surface area contributed by atoms with E-state index in [1.54, 1.807) is 28.6 Å². The van der Waals surface area contributed by atoms with Crippen LogP contribution in [0.5, 0.6) is 5.75 Å². The van der Waals surface area contributed by atoms with Crippen molar-refractivity contribution in [2.45, 2.75) is 36.5 Å². The summed E-state index contributed by atoms with van der Waals surface area (Å²) in [6, 6.07) is 6.66. The number of hydrogen-bond acceptors (Lipinski definition) is 4. The van der Waals surface area contributed by atoms with Gasteiger partial charge in [-0.25, -0.2) is 8.42 Å². The molecule has 0 spiro atoms. The molecule has 6 nitrogen and oxygen atoms in total. The maximum Gasteiger partial charge on any atom is 0.243 e. The molecule has 0 saturated heterocycles. The molecule has 1 saturated carbocycles. The van der Waals surface area contributed by atoms with Crippen LogP contribution in [0.2, 0.25) is 0 Å². The Hall–Kier alpha value is -1.86. The van der Waals surface area contributed by atoms with E-state index < -0.39 is 10.0 Å². The van der Waals surface area contributed by atoms with Crippen molar-refractivity contribution in [3.05, 3.63) is 41.2 Å². The smallest absolute Gasteiger partial charge is 0.243 e. The Balaban J connectivity index is 1.59. The third kappa shape index (κ3) is 2.71. The van der Waals surface area contributed by atoms with E-state index in [2.05, 4.69) is 10.2 Å². The minimum Gasteiger partial charge on any atom is -0.497 e. The van der Waals surface area contributed by atoms with Crippen LogP contribution < -0.4 is 4.74 Å². The average Bonchev–Trinajstić information content (AvgIpc) is 3.40. The lowest BCUT2D eigenvalue weighted by atomic mass is 10.1. The average molecular weight is 347 g/mol. The molecular weight excluding hydrogens is 326 g/mol. The minimum atomic E-state index is -3.51. The highest BCUT2D eigenvalue weighted by atomic mass is 32.2. The molecule has 4 rings (SSSR count). The highest BCUT2D eigenvalue weighted by molar-refractivity contribution is 7.89. The van der Waals surface area contributed by atoms with Gasteiger partial charge >= 0.3 is 0 Å². The summed E-state index contributed by atoms with van der Waals surface area (Å²) in [4.78, 5) is 0.285. The molecule has 1 fully saturated rings. The summed E-state index contributed by atoms with van der Waals surface area (Å²) in [6.45, 7) is 0.963. The van der Waals surface area contributed by atoms with Gasteiger partial charge in [0, 0.05) is 37.2 Å². The first-order valence-corrected chi connectivity index (χ1v) is 9.74. The lowest BCUT2D eigenvalue weighted by molar-refractivity contribution is 0.410. The van der Waals surface area contributed by atoms with Crippen LogP contribution in [0.25, 0.3) is 0 Å². The summed E-state index contributed by atoms with van der Waals surface area (Å²) in [5, 5.41) is 7.59. The number of H-pyrrole nitrogens is 1. The molecule has 0 bridgehead atoms. The largest absolute Gasteiger partial charge is 0.497 e. The number of ether oxygens (including phenoxy) is 1. The molecule has 2 aliphatic rings.